The highest BCUT2D eigenvalue weighted by Gasteiger charge is 2.27. The largest absolute Gasteiger partial charge is 0.486 e. The molecule has 3 aromatic rings. The lowest BCUT2D eigenvalue weighted by atomic mass is 10.1. The number of carbonyl (C=O) groups excluding carboxylic acids is 1. The summed E-state index contributed by atoms with van der Waals surface area (Å²) in [4.78, 5) is 21.5. The van der Waals surface area contributed by atoms with Crippen LogP contribution in [0.1, 0.15) is 10.4 Å². The molecule has 0 N–H and O–H groups in total. The molecule has 2 aliphatic rings. The molecule has 0 spiro atoms. The summed E-state index contributed by atoms with van der Waals surface area (Å²) < 4.78 is 26.7. The van der Waals surface area contributed by atoms with Crippen LogP contribution in [0, 0.1) is 5.82 Å². The standard InChI is InChI=1S/C22H23FN4O3/c23-16-4-5-19-18(14-16)24-15-27(19)11-8-25-6-9-26(10-7-25)22(28)17-2-1-3-20-21(17)30-13-12-29-20/h1-5,14-15H,6-13H2. The molecule has 3 heterocycles. The highest BCUT2D eigenvalue weighted by Crippen LogP contribution is 2.34. The van der Waals surface area contributed by atoms with Crippen molar-refractivity contribution in [3.8, 4) is 11.5 Å². The smallest absolute Gasteiger partial charge is 0.257 e. The van der Waals surface area contributed by atoms with E-state index in [0.717, 1.165) is 31.7 Å². The van der Waals surface area contributed by atoms with Gasteiger partial charge in [-0.15, -0.1) is 0 Å². The van der Waals surface area contributed by atoms with Gasteiger partial charge < -0.3 is 18.9 Å². The average molecular weight is 410 g/mol. The molecular weight excluding hydrogens is 387 g/mol. The molecule has 156 valence electrons. The number of amides is 1. The first-order chi connectivity index (χ1) is 14.7. The van der Waals surface area contributed by atoms with Crippen LogP contribution in [0.25, 0.3) is 11.0 Å². The SMILES string of the molecule is O=C(c1cccc2c1OCCO2)N1CCN(CCn2cnc3cc(F)ccc32)CC1. The van der Waals surface area contributed by atoms with Gasteiger partial charge in [0.1, 0.15) is 19.0 Å². The average Bonchev–Trinajstić information content (AvgIpc) is 3.19. The van der Waals surface area contributed by atoms with Crippen LogP contribution in [0.2, 0.25) is 0 Å². The molecule has 1 fully saturated rings. The Morgan fingerprint density at radius 3 is 2.73 bits per heavy atom. The van der Waals surface area contributed by atoms with Crippen molar-refractivity contribution in [1.82, 2.24) is 19.4 Å². The van der Waals surface area contributed by atoms with Gasteiger partial charge in [-0.05, 0) is 24.3 Å². The molecule has 1 aromatic heterocycles. The van der Waals surface area contributed by atoms with E-state index in [1.807, 2.05) is 21.6 Å². The van der Waals surface area contributed by atoms with Crippen molar-refractivity contribution in [3.05, 3.63) is 54.1 Å². The van der Waals surface area contributed by atoms with Crippen LogP contribution in [0.15, 0.2) is 42.7 Å². The maximum absolute atomic E-state index is 13.3. The number of piperazine rings is 1. The van der Waals surface area contributed by atoms with Crippen LogP contribution in [-0.4, -0.2) is 71.2 Å². The molecule has 1 amide bonds. The minimum absolute atomic E-state index is 0.0142. The van der Waals surface area contributed by atoms with Gasteiger partial charge in [-0.1, -0.05) is 6.07 Å². The quantitative estimate of drug-likeness (QED) is 0.661. The monoisotopic (exact) mass is 410 g/mol. The first kappa shape index (κ1) is 18.9. The lowest BCUT2D eigenvalue weighted by molar-refractivity contribution is 0.0624. The van der Waals surface area contributed by atoms with Crippen molar-refractivity contribution in [2.24, 2.45) is 0 Å². The van der Waals surface area contributed by atoms with E-state index in [0.29, 0.717) is 48.9 Å². The van der Waals surface area contributed by atoms with E-state index in [9.17, 15) is 9.18 Å². The zero-order valence-electron chi connectivity index (χ0n) is 16.6. The molecule has 5 rings (SSSR count). The summed E-state index contributed by atoms with van der Waals surface area (Å²) in [5.41, 5.74) is 2.17. The Balaban J connectivity index is 1.19. The number of benzene rings is 2. The lowest BCUT2D eigenvalue weighted by Gasteiger charge is -2.35. The molecule has 0 unspecified atom stereocenters. The molecule has 7 nitrogen and oxygen atoms in total. The van der Waals surface area contributed by atoms with Crippen molar-refractivity contribution in [2.45, 2.75) is 6.54 Å². The van der Waals surface area contributed by atoms with E-state index >= 15 is 0 Å². The van der Waals surface area contributed by atoms with Crippen LogP contribution >= 0.6 is 0 Å². The Hall–Kier alpha value is -3.13. The van der Waals surface area contributed by atoms with Crippen LogP contribution in [0.4, 0.5) is 4.39 Å². The summed E-state index contributed by atoms with van der Waals surface area (Å²) in [6.07, 6.45) is 1.75. The molecule has 0 bridgehead atoms. The van der Waals surface area contributed by atoms with E-state index in [-0.39, 0.29) is 11.7 Å². The van der Waals surface area contributed by atoms with E-state index in [2.05, 4.69) is 9.88 Å². The summed E-state index contributed by atoms with van der Waals surface area (Å²) in [7, 11) is 0. The second kappa shape index (κ2) is 7.95. The minimum Gasteiger partial charge on any atom is -0.486 e. The number of carbonyl (C=O) groups is 1. The molecule has 2 aromatic carbocycles. The number of fused-ring (bicyclic) bond motifs is 2. The minimum atomic E-state index is -0.273. The first-order valence-electron chi connectivity index (χ1n) is 10.2. The number of halogens is 1. The highest BCUT2D eigenvalue weighted by atomic mass is 19.1. The third kappa shape index (κ3) is 3.59. The number of imidazole rings is 1. The Kier molecular flexibility index (Phi) is 5.00. The van der Waals surface area contributed by atoms with Gasteiger partial charge >= 0.3 is 0 Å². The third-order valence-corrected chi connectivity index (χ3v) is 5.70. The number of hydrogen-bond donors (Lipinski definition) is 0. The van der Waals surface area contributed by atoms with E-state index < -0.39 is 0 Å². The van der Waals surface area contributed by atoms with Crippen molar-refractivity contribution in [3.63, 3.8) is 0 Å². The topological polar surface area (TPSA) is 59.8 Å². The molecule has 2 aliphatic heterocycles. The maximum atomic E-state index is 13.3. The predicted octanol–water partition coefficient (Wildman–Crippen LogP) is 2.40. The zero-order valence-corrected chi connectivity index (χ0v) is 16.6. The summed E-state index contributed by atoms with van der Waals surface area (Å²) in [5, 5.41) is 0. The van der Waals surface area contributed by atoms with E-state index in [1.165, 1.54) is 12.1 Å². The number of nitrogens with zero attached hydrogens (tertiary/aromatic N) is 4. The first-order valence-corrected chi connectivity index (χ1v) is 10.2. The van der Waals surface area contributed by atoms with Gasteiger partial charge in [0.05, 0.1) is 22.9 Å². The lowest BCUT2D eigenvalue weighted by Crippen LogP contribution is -2.49. The molecule has 8 heteroatoms. The summed E-state index contributed by atoms with van der Waals surface area (Å²) in [6.45, 7) is 5.53. The van der Waals surface area contributed by atoms with Gasteiger partial charge in [0.15, 0.2) is 11.5 Å². The van der Waals surface area contributed by atoms with Crippen LogP contribution < -0.4 is 9.47 Å². The van der Waals surface area contributed by atoms with Gasteiger partial charge in [0.2, 0.25) is 0 Å². The number of ether oxygens (including phenoxy) is 2. The van der Waals surface area contributed by atoms with Gasteiger partial charge in [-0.3, -0.25) is 9.69 Å². The molecule has 0 aliphatic carbocycles. The number of rotatable bonds is 4. The highest BCUT2D eigenvalue weighted by molar-refractivity contribution is 5.98. The Morgan fingerprint density at radius 1 is 1.03 bits per heavy atom. The van der Waals surface area contributed by atoms with Gasteiger partial charge in [0, 0.05) is 45.3 Å². The number of para-hydroxylation sites is 1. The van der Waals surface area contributed by atoms with Gasteiger partial charge in [-0.25, -0.2) is 9.37 Å². The predicted molar refractivity (Wildman–Crippen MR) is 109 cm³/mol. The maximum Gasteiger partial charge on any atom is 0.257 e. The Morgan fingerprint density at radius 2 is 1.87 bits per heavy atom. The van der Waals surface area contributed by atoms with Crippen molar-refractivity contribution < 1.29 is 18.7 Å². The second-order valence-corrected chi connectivity index (χ2v) is 7.53. The fourth-order valence-corrected chi connectivity index (χ4v) is 4.05. The normalized spacial score (nSPS) is 16.8. The molecule has 30 heavy (non-hydrogen) atoms. The van der Waals surface area contributed by atoms with Gasteiger partial charge in [0.25, 0.3) is 5.91 Å². The van der Waals surface area contributed by atoms with Crippen LogP contribution in [0.5, 0.6) is 11.5 Å². The zero-order chi connectivity index (χ0) is 20.5. The Labute approximate surface area is 173 Å². The number of aromatic nitrogens is 2. The summed E-state index contributed by atoms with van der Waals surface area (Å²) in [6, 6.07) is 10.1. The fourth-order valence-electron chi connectivity index (χ4n) is 4.05. The molecule has 1 saturated heterocycles. The fraction of sp³-hybridized carbons (Fsp3) is 0.364. The molecular formula is C22H23FN4O3. The second-order valence-electron chi connectivity index (χ2n) is 7.53. The molecule has 0 atom stereocenters. The molecule has 0 radical (unpaired) electrons. The van der Waals surface area contributed by atoms with Crippen molar-refractivity contribution in [1.29, 1.82) is 0 Å². The van der Waals surface area contributed by atoms with Gasteiger partial charge in [-0.2, -0.15) is 0 Å². The third-order valence-electron chi connectivity index (χ3n) is 5.70. The van der Waals surface area contributed by atoms with Crippen molar-refractivity contribution >= 4 is 16.9 Å². The van der Waals surface area contributed by atoms with Crippen LogP contribution in [0.3, 0.4) is 0 Å². The van der Waals surface area contributed by atoms with E-state index in [4.69, 9.17) is 9.47 Å². The van der Waals surface area contributed by atoms with Crippen LogP contribution in [-0.2, 0) is 6.54 Å². The Bertz CT molecular complexity index is 1080. The number of hydrogen-bond acceptors (Lipinski definition) is 5. The van der Waals surface area contributed by atoms with Crippen molar-refractivity contribution in [2.75, 3.05) is 45.9 Å². The summed E-state index contributed by atoms with van der Waals surface area (Å²) in [5.74, 6) is 0.905. The molecule has 0 saturated carbocycles. The van der Waals surface area contributed by atoms with E-state index in [1.54, 1.807) is 18.5 Å². The summed E-state index contributed by atoms with van der Waals surface area (Å²) >= 11 is 0.